The normalized spacial score (nSPS) is 33.2. The number of aromatic nitrogens is 4. The molecular weight excluding hydrogens is 442 g/mol. The number of imidazole rings is 1. The number of halogens is 1. The van der Waals surface area contributed by atoms with Crippen LogP contribution in [0.3, 0.4) is 0 Å². The summed E-state index contributed by atoms with van der Waals surface area (Å²) in [6, 6.07) is 5.31. The van der Waals surface area contributed by atoms with Crippen molar-refractivity contribution in [3.05, 3.63) is 35.1 Å². The second-order valence-electron chi connectivity index (χ2n) is 7.96. The van der Waals surface area contributed by atoms with Crippen molar-refractivity contribution in [2.75, 3.05) is 25.1 Å². The number of nitrogens with two attached hydrogens (primary N) is 2. The summed E-state index contributed by atoms with van der Waals surface area (Å²) in [5.41, 5.74) is 11.1. The number of nitrogens with one attached hydrogen (secondary N) is 2. The summed E-state index contributed by atoms with van der Waals surface area (Å²) in [5, 5.41) is 13.7. The van der Waals surface area contributed by atoms with E-state index in [1.54, 1.807) is 12.3 Å². The van der Waals surface area contributed by atoms with E-state index in [1.807, 2.05) is 12.1 Å². The molecule has 0 bridgehead atoms. The number of rotatable bonds is 4. The topological polar surface area (TPSA) is 176 Å². The van der Waals surface area contributed by atoms with Gasteiger partial charge in [0.1, 0.15) is 36.0 Å². The zero-order valence-corrected chi connectivity index (χ0v) is 17.4. The van der Waals surface area contributed by atoms with E-state index in [1.165, 1.54) is 0 Å². The first-order valence-electron chi connectivity index (χ1n) is 9.98. The van der Waals surface area contributed by atoms with Crippen molar-refractivity contribution in [2.24, 2.45) is 11.5 Å². The Morgan fingerprint density at radius 2 is 2.06 bits per heavy atom. The van der Waals surface area contributed by atoms with Crippen molar-refractivity contribution >= 4 is 28.6 Å². The third kappa shape index (κ3) is 2.78. The summed E-state index contributed by atoms with van der Waals surface area (Å²) in [7, 11) is 0. The molecule has 168 valence electrons. The Hall–Kier alpha value is -2.74. The van der Waals surface area contributed by atoms with Gasteiger partial charge in [-0.25, -0.2) is 4.98 Å². The maximum Gasteiger partial charge on any atom is 0.296 e. The lowest BCUT2D eigenvalue weighted by atomic mass is 9.96. The minimum Gasteiger partial charge on any atom is -0.489 e. The van der Waals surface area contributed by atoms with Gasteiger partial charge < -0.3 is 34.4 Å². The summed E-state index contributed by atoms with van der Waals surface area (Å²) in [4.78, 5) is 16.3. The average Bonchev–Trinajstić information content (AvgIpc) is 3.48. The van der Waals surface area contributed by atoms with Crippen molar-refractivity contribution in [3.8, 4) is 11.8 Å². The maximum absolute atomic E-state index is 10.1. The number of hydrogen-bond acceptors (Lipinski definition) is 11. The Kier molecular flexibility index (Phi) is 4.28. The van der Waals surface area contributed by atoms with E-state index >= 15 is 0 Å². The first-order valence-corrected chi connectivity index (χ1v) is 10.4. The summed E-state index contributed by atoms with van der Waals surface area (Å²) in [5.74, 6) is 1.16. The molecule has 3 aliphatic rings. The molecule has 32 heavy (non-hydrogen) atoms. The SMILES string of the molecule is N[C@]12OC[C@@H](Oc3nc4nc(NC5COc6cccnc65)c(Cl)cc4[nH]3)[C@@]1(N)OC[C@H]2O. The largest absolute Gasteiger partial charge is 0.489 e. The number of ether oxygens (including phenoxy) is 4. The van der Waals surface area contributed by atoms with Gasteiger partial charge in [-0.1, -0.05) is 11.6 Å². The number of nitrogens with zero attached hydrogens (tertiary/aromatic N) is 3. The Bertz CT molecular complexity index is 1210. The van der Waals surface area contributed by atoms with Crippen LogP contribution in [0.1, 0.15) is 11.7 Å². The van der Waals surface area contributed by atoms with Crippen LogP contribution < -0.4 is 26.3 Å². The molecule has 3 aromatic heterocycles. The number of pyridine rings is 2. The minimum absolute atomic E-state index is 0.0240. The van der Waals surface area contributed by atoms with Crippen LogP contribution in [0.4, 0.5) is 5.82 Å². The van der Waals surface area contributed by atoms with E-state index in [-0.39, 0.29) is 25.3 Å². The molecule has 7 N–H and O–H groups in total. The lowest BCUT2D eigenvalue weighted by molar-refractivity contribution is -0.119. The molecule has 1 unspecified atom stereocenters. The fourth-order valence-electron chi connectivity index (χ4n) is 4.23. The van der Waals surface area contributed by atoms with E-state index in [2.05, 4.69) is 25.3 Å². The van der Waals surface area contributed by atoms with E-state index in [9.17, 15) is 5.11 Å². The molecule has 3 aliphatic heterocycles. The summed E-state index contributed by atoms with van der Waals surface area (Å²) in [6.45, 7) is 0.377. The summed E-state index contributed by atoms with van der Waals surface area (Å²) < 4.78 is 22.6. The van der Waals surface area contributed by atoms with Crippen LogP contribution in [0.2, 0.25) is 5.02 Å². The Morgan fingerprint density at radius 3 is 2.94 bits per heavy atom. The van der Waals surface area contributed by atoms with Gasteiger partial charge in [-0.15, -0.1) is 0 Å². The second kappa shape index (κ2) is 6.88. The molecule has 13 heteroatoms. The Labute approximate surface area is 186 Å². The van der Waals surface area contributed by atoms with Gasteiger partial charge in [0.15, 0.2) is 17.5 Å². The molecule has 0 aliphatic carbocycles. The van der Waals surface area contributed by atoms with Crippen LogP contribution in [0.25, 0.3) is 11.2 Å². The highest BCUT2D eigenvalue weighted by Gasteiger charge is 2.68. The molecule has 12 nitrogen and oxygen atoms in total. The molecule has 0 amide bonds. The van der Waals surface area contributed by atoms with Crippen molar-refractivity contribution in [1.29, 1.82) is 0 Å². The van der Waals surface area contributed by atoms with Gasteiger partial charge in [0, 0.05) is 6.20 Å². The van der Waals surface area contributed by atoms with Crippen LogP contribution in [0, 0.1) is 0 Å². The first kappa shape index (κ1) is 19.9. The number of fused-ring (bicyclic) bond motifs is 3. The van der Waals surface area contributed by atoms with Crippen molar-refractivity contribution < 1.29 is 24.1 Å². The van der Waals surface area contributed by atoms with Crippen LogP contribution in [-0.4, -0.2) is 68.5 Å². The molecule has 3 aromatic rings. The number of aliphatic hydroxyl groups is 1. The fourth-order valence-corrected chi connectivity index (χ4v) is 4.43. The molecule has 6 rings (SSSR count). The van der Waals surface area contributed by atoms with Crippen LogP contribution >= 0.6 is 11.6 Å². The molecule has 2 fully saturated rings. The zero-order chi connectivity index (χ0) is 22.1. The lowest BCUT2D eigenvalue weighted by Gasteiger charge is -2.34. The van der Waals surface area contributed by atoms with Crippen molar-refractivity contribution in [2.45, 2.75) is 29.7 Å². The standard InChI is InChI=1S/C19H20ClN7O5/c20-8-4-9-16(26-15(8)24-10-5-29-11-2-1-3-23-14(10)11)27-17(25-9)32-13-7-31-18(21)12(28)6-30-19(13,18)22/h1-4,10,12-13,28H,5-7,21-22H2,(H2,24,25,26,27)/t10?,12-,13-,18-,19-/m1/s1. The molecule has 6 heterocycles. The van der Waals surface area contributed by atoms with Gasteiger partial charge in [-0.3, -0.25) is 16.5 Å². The first-order chi connectivity index (χ1) is 15.4. The van der Waals surface area contributed by atoms with Gasteiger partial charge >= 0.3 is 0 Å². The Balaban J connectivity index is 1.25. The molecule has 0 spiro atoms. The second-order valence-corrected chi connectivity index (χ2v) is 8.36. The maximum atomic E-state index is 10.1. The highest BCUT2D eigenvalue weighted by molar-refractivity contribution is 6.33. The van der Waals surface area contributed by atoms with Crippen molar-refractivity contribution in [1.82, 2.24) is 19.9 Å². The monoisotopic (exact) mass is 461 g/mol. The lowest BCUT2D eigenvalue weighted by Crippen LogP contribution is -2.69. The Morgan fingerprint density at radius 1 is 1.22 bits per heavy atom. The molecule has 2 saturated heterocycles. The molecule has 0 saturated carbocycles. The van der Waals surface area contributed by atoms with E-state index in [4.69, 9.17) is 42.0 Å². The molecule has 0 radical (unpaired) electrons. The third-order valence-corrected chi connectivity index (χ3v) is 6.33. The zero-order valence-electron chi connectivity index (χ0n) is 16.6. The summed E-state index contributed by atoms with van der Waals surface area (Å²) in [6.07, 6.45) is -0.154. The van der Waals surface area contributed by atoms with Gasteiger partial charge in [-0.2, -0.15) is 4.98 Å². The molecular formula is C19H20ClN7O5. The highest BCUT2D eigenvalue weighted by atomic mass is 35.5. The van der Waals surface area contributed by atoms with Gasteiger partial charge in [-0.05, 0) is 18.2 Å². The number of H-pyrrole nitrogens is 1. The van der Waals surface area contributed by atoms with Crippen LogP contribution in [0.15, 0.2) is 24.4 Å². The smallest absolute Gasteiger partial charge is 0.296 e. The van der Waals surface area contributed by atoms with Crippen LogP contribution in [0.5, 0.6) is 11.8 Å². The number of aromatic amines is 1. The van der Waals surface area contributed by atoms with E-state index in [0.29, 0.717) is 28.6 Å². The van der Waals surface area contributed by atoms with Gasteiger partial charge in [0.25, 0.3) is 6.01 Å². The predicted octanol–water partition coefficient (Wildman–Crippen LogP) is 0.0306. The molecule has 5 atom stereocenters. The predicted molar refractivity (Wildman–Crippen MR) is 111 cm³/mol. The van der Waals surface area contributed by atoms with Gasteiger partial charge in [0.2, 0.25) is 5.72 Å². The van der Waals surface area contributed by atoms with Gasteiger partial charge in [0.05, 0.1) is 23.8 Å². The molecule has 0 aromatic carbocycles. The van der Waals surface area contributed by atoms with E-state index in [0.717, 1.165) is 11.4 Å². The number of hydrogen-bond donors (Lipinski definition) is 5. The highest BCUT2D eigenvalue weighted by Crippen LogP contribution is 2.41. The number of aliphatic hydroxyl groups excluding tert-OH is 1. The minimum atomic E-state index is -1.56. The van der Waals surface area contributed by atoms with E-state index < -0.39 is 23.7 Å². The summed E-state index contributed by atoms with van der Waals surface area (Å²) >= 11 is 6.44. The fraction of sp³-hybridized carbons (Fsp3) is 0.421. The quantitative estimate of drug-likeness (QED) is 0.354. The third-order valence-electron chi connectivity index (χ3n) is 6.04. The average molecular weight is 462 g/mol. The van der Waals surface area contributed by atoms with Crippen LogP contribution in [-0.2, 0) is 9.47 Å². The number of anilines is 1. The van der Waals surface area contributed by atoms with Crippen molar-refractivity contribution in [3.63, 3.8) is 0 Å².